The number of thioether (sulfide) groups is 1. The molecule has 0 saturated heterocycles. The zero-order valence-electron chi connectivity index (χ0n) is 13.7. The minimum absolute atomic E-state index is 0.0702. The van der Waals surface area contributed by atoms with Gasteiger partial charge < -0.3 is 4.42 Å². The van der Waals surface area contributed by atoms with Crippen LogP contribution in [0.1, 0.15) is 5.89 Å². The van der Waals surface area contributed by atoms with E-state index in [1.807, 2.05) is 42.5 Å². The molecule has 0 aliphatic rings. The van der Waals surface area contributed by atoms with Crippen LogP contribution in [-0.2, 0) is 12.8 Å². The molecule has 130 valence electrons. The Kier molecular flexibility index (Phi) is 4.60. The fraction of sp³-hybridized carbons (Fsp3) is 0.111. The third-order valence-corrected chi connectivity index (χ3v) is 5.37. The average Bonchev–Trinajstić information content (AvgIpc) is 3.13. The van der Waals surface area contributed by atoms with Crippen molar-refractivity contribution in [2.24, 2.45) is 7.05 Å². The summed E-state index contributed by atoms with van der Waals surface area (Å²) in [7, 11) is 1.71. The van der Waals surface area contributed by atoms with Gasteiger partial charge in [0.1, 0.15) is 0 Å². The molecule has 0 N–H and O–H groups in total. The maximum absolute atomic E-state index is 12.4. The van der Waals surface area contributed by atoms with E-state index in [2.05, 4.69) is 31.1 Å². The molecule has 2 heterocycles. The fourth-order valence-corrected chi connectivity index (χ4v) is 3.55. The largest absolute Gasteiger partial charge is 0.420 e. The molecule has 0 spiro atoms. The highest BCUT2D eigenvalue weighted by atomic mass is 79.9. The number of benzene rings is 2. The summed E-state index contributed by atoms with van der Waals surface area (Å²) in [5.41, 5.74) is 1.46. The van der Waals surface area contributed by atoms with Crippen molar-refractivity contribution in [3.8, 4) is 11.5 Å². The summed E-state index contributed by atoms with van der Waals surface area (Å²) in [5.74, 6) is 1.38. The van der Waals surface area contributed by atoms with Crippen LogP contribution < -0.4 is 5.56 Å². The molecule has 0 aliphatic carbocycles. The van der Waals surface area contributed by atoms with Crippen molar-refractivity contribution >= 4 is 38.6 Å². The van der Waals surface area contributed by atoms with E-state index in [1.54, 1.807) is 17.7 Å². The lowest BCUT2D eigenvalue weighted by Gasteiger charge is -2.07. The Morgan fingerprint density at radius 1 is 1.12 bits per heavy atom. The highest BCUT2D eigenvalue weighted by Crippen LogP contribution is 2.24. The lowest BCUT2D eigenvalue weighted by Crippen LogP contribution is -2.19. The summed E-state index contributed by atoms with van der Waals surface area (Å²) in [4.78, 5) is 17.0. The van der Waals surface area contributed by atoms with Crippen LogP contribution in [0.15, 0.2) is 67.4 Å². The monoisotopic (exact) mass is 428 g/mol. The molecule has 4 rings (SSSR count). The van der Waals surface area contributed by atoms with E-state index in [0.717, 1.165) is 10.0 Å². The van der Waals surface area contributed by atoms with E-state index in [4.69, 9.17) is 4.42 Å². The molecule has 0 aliphatic heterocycles. The van der Waals surface area contributed by atoms with Gasteiger partial charge in [0.25, 0.3) is 5.56 Å². The summed E-state index contributed by atoms with van der Waals surface area (Å²) in [6.07, 6.45) is 0. The Bertz CT molecular complexity index is 1140. The molecular formula is C18H13BrN4O2S. The molecular weight excluding hydrogens is 416 g/mol. The van der Waals surface area contributed by atoms with Crippen LogP contribution in [0.25, 0.3) is 22.4 Å². The van der Waals surface area contributed by atoms with Crippen molar-refractivity contribution in [2.45, 2.75) is 10.9 Å². The van der Waals surface area contributed by atoms with Gasteiger partial charge in [-0.1, -0.05) is 39.8 Å². The highest BCUT2D eigenvalue weighted by Gasteiger charge is 2.12. The molecule has 0 fully saturated rings. The molecule has 26 heavy (non-hydrogen) atoms. The van der Waals surface area contributed by atoms with E-state index >= 15 is 0 Å². The SMILES string of the molecule is Cn1c(SCc2nnc(-c3ccc(Br)cc3)o2)nc2ccccc2c1=O. The van der Waals surface area contributed by atoms with Crippen LogP contribution in [0.4, 0.5) is 0 Å². The van der Waals surface area contributed by atoms with E-state index in [-0.39, 0.29) is 5.56 Å². The van der Waals surface area contributed by atoms with Crippen molar-refractivity contribution in [3.63, 3.8) is 0 Å². The van der Waals surface area contributed by atoms with Gasteiger partial charge in [-0.15, -0.1) is 10.2 Å². The molecule has 0 atom stereocenters. The second-order valence-electron chi connectivity index (χ2n) is 5.57. The number of fused-ring (bicyclic) bond motifs is 1. The van der Waals surface area contributed by atoms with Gasteiger partial charge in [-0.3, -0.25) is 9.36 Å². The number of nitrogens with zero attached hydrogens (tertiary/aromatic N) is 4. The maximum atomic E-state index is 12.4. The lowest BCUT2D eigenvalue weighted by atomic mass is 10.2. The third-order valence-electron chi connectivity index (χ3n) is 3.82. The number of rotatable bonds is 4. The molecule has 0 unspecified atom stereocenters. The smallest absolute Gasteiger partial charge is 0.261 e. The zero-order chi connectivity index (χ0) is 18.1. The van der Waals surface area contributed by atoms with Crippen LogP contribution in [0.2, 0.25) is 0 Å². The third kappa shape index (κ3) is 3.30. The van der Waals surface area contributed by atoms with Crippen molar-refractivity contribution in [2.75, 3.05) is 0 Å². The molecule has 0 saturated carbocycles. The minimum atomic E-state index is -0.0702. The maximum Gasteiger partial charge on any atom is 0.261 e. The molecule has 4 aromatic rings. The summed E-state index contributed by atoms with van der Waals surface area (Å²) >= 11 is 4.79. The first-order valence-electron chi connectivity index (χ1n) is 7.79. The van der Waals surface area contributed by atoms with Gasteiger partial charge in [0, 0.05) is 17.1 Å². The molecule has 2 aromatic heterocycles. The number of aromatic nitrogens is 4. The average molecular weight is 429 g/mol. The summed E-state index contributed by atoms with van der Waals surface area (Å²) in [6, 6.07) is 15.0. The predicted molar refractivity (Wildman–Crippen MR) is 104 cm³/mol. The van der Waals surface area contributed by atoms with Crippen LogP contribution >= 0.6 is 27.7 Å². The van der Waals surface area contributed by atoms with Crippen LogP contribution in [-0.4, -0.2) is 19.7 Å². The molecule has 6 nitrogen and oxygen atoms in total. The Hall–Kier alpha value is -2.45. The van der Waals surface area contributed by atoms with Crippen molar-refractivity contribution < 1.29 is 4.42 Å². The normalized spacial score (nSPS) is 11.2. The molecule has 0 radical (unpaired) electrons. The summed E-state index contributed by atoms with van der Waals surface area (Å²) in [5, 5.41) is 9.38. The van der Waals surface area contributed by atoms with Gasteiger partial charge >= 0.3 is 0 Å². The van der Waals surface area contributed by atoms with Crippen molar-refractivity contribution in [1.82, 2.24) is 19.7 Å². The van der Waals surface area contributed by atoms with Gasteiger partial charge in [0.05, 0.1) is 16.7 Å². The van der Waals surface area contributed by atoms with E-state index < -0.39 is 0 Å². The Morgan fingerprint density at radius 3 is 2.69 bits per heavy atom. The van der Waals surface area contributed by atoms with Gasteiger partial charge in [-0.05, 0) is 36.4 Å². The number of hydrogen-bond donors (Lipinski definition) is 0. The van der Waals surface area contributed by atoms with Gasteiger partial charge in [0.15, 0.2) is 5.16 Å². The number of para-hydroxylation sites is 1. The van der Waals surface area contributed by atoms with E-state index in [1.165, 1.54) is 11.8 Å². The Labute approximate surface area is 161 Å². The summed E-state index contributed by atoms with van der Waals surface area (Å²) < 4.78 is 8.24. The van der Waals surface area contributed by atoms with Crippen LogP contribution in [0, 0.1) is 0 Å². The van der Waals surface area contributed by atoms with Crippen molar-refractivity contribution in [3.05, 3.63) is 69.2 Å². The molecule has 8 heteroatoms. The van der Waals surface area contributed by atoms with Gasteiger partial charge in [-0.25, -0.2) is 4.98 Å². The van der Waals surface area contributed by atoms with Crippen LogP contribution in [0.3, 0.4) is 0 Å². The van der Waals surface area contributed by atoms with Crippen molar-refractivity contribution in [1.29, 1.82) is 0 Å². The Morgan fingerprint density at radius 2 is 1.88 bits per heavy atom. The van der Waals surface area contributed by atoms with Gasteiger partial charge in [-0.2, -0.15) is 0 Å². The fourth-order valence-electron chi connectivity index (χ4n) is 2.47. The van der Waals surface area contributed by atoms with Crippen LogP contribution in [0.5, 0.6) is 0 Å². The molecule has 2 aromatic carbocycles. The second-order valence-corrected chi connectivity index (χ2v) is 7.43. The molecule has 0 amide bonds. The first-order valence-corrected chi connectivity index (χ1v) is 9.56. The quantitative estimate of drug-likeness (QED) is 0.360. The lowest BCUT2D eigenvalue weighted by molar-refractivity contribution is 0.528. The minimum Gasteiger partial charge on any atom is -0.420 e. The number of hydrogen-bond acceptors (Lipinski definition) is 6. The summed E-state index contributed by atoms with van der Waals surface area (Å²) in [6.45, 7) is 0. The Balaban J connectivity index is 1.56. The number of halogens is 1. The molecule has 0 bridgehead atoms. The van der Waals surface area contributed by atoms with E-state index in [9.17, 15) is 4.79 Å². The topological polar surface area (TPSA) is 73.8 Å². The van der Waals surface area contributed by atoms with Gasteiger partial charge in [0.2, 0.25) is 11.8 Å². The highest BCUT2D eigenvalue weighted by molar-refractivity contribution is 9.10. The predicted octanol–water partition coefficient (Wildman–Crippen LogP) is 4.04. The zero-order valence-corrected chi connectivity index (χ0v) is 16.1. The standard InChI is InChI=1S/C18H13BrN4O2S/c1-23-17(24)13-4-2-3-5-14(13)20-18(23)26-10-15-21-22-16(25-15)11-6-8-12(19)9-7-11/h2-9H,10H2,1H3. The second kappa shape index (κ2) is 7.05. The first kappa shape index (κ1) is 17.0. The first-order chi connectivity index (χ1) is 12.6. The van der Waals surface area contributed by atoms with E-state index in [0.29, 0.717) is 33.6 Å².